The van der Waals surface area contributed by atoms with E-state index >= 15 is 0 Å². The SMILES string of the molecule is CCO[C@@H]1CCC[C@@H](n2cnc3c(=S)nc[nH]c32)O1. The largest absolute Gasteiger partial charge is 0.353 e. The van der Waals surface area contributed by atoms with E-state index in [1.807, 2.05) is 11.5 Å². The number of rotatable bonds is 3. The molecule has 1 fully saturated rings. The first kappa shape index (κ1) is 12.7. The summed E-state index contributed by atoms with van der Waals surface area (Å²) in [5.74, 6) is 0. The molecule has 1 N–H and O–H groups in total. The standard InChI is InChI=1S/C12H16N4O2S/c1-2-17-9-5-3-4-8(18-9)16-7-15-10-11(16)13-6-14-12(10)19/h6-9H,2-5H2,1H3,(H,13,14,19)/t8-,9-/m0/s1. The number of nitrogens with zero attached hydrogens (tertiary/aromatic N) is 3. The highest BCUT2D eigenvalue weighted by molar-refractivity contribution is 7.71. The van der Waals surface area contributed by atoms with Gasteiger partial charge in [0.1, 0.15) is 17.4 Å². The highest BCUT2D eigenvalue weighted by Crippen LogP contribution is 2.29. The minimum Gasteiger partial charge on any atom is -0.353 e. The summed E-state index contributed by atoms with van der Waals surface area (Å²) in [6.07, 6.45) is 6.09. The Morgan fingerprint density at radius 1 is 1.53 bits per heavy atom. The summed E-state index contributed by atoms with van der Waals surface area (Å²) in [6, 6.07) is 0. The van der Waals surface area contributed by atoms with Crippen LogP contribution >= 0.6 is 12.2 Å². The van der Waals surface area contributed by atoms with E-state index in [4.69, 9.17) is 21.7 Å². The molecule has 0 radical (unpaired) electrons. The number of aromatic amines is 1. The third-order valence-electron chi connectivity index (χ3n) is 3.24. The molecule has 6 nitrogen and oxygen atoms in total. The summed E-state index contributed by atoms with van der Waals surface area (Å²) in [5, 5.41) is 0. The van der Waals surface area contributed by atoms with Crippen molar-refractivity contribution in [2.45, 2.75) is 38.7 Å². The van der Waals surface area contributed by atoms with Gasteiger partial charge >= 0.3 is 0 Å². The lowest BCUT2D eigenvalue weighted by Crippen LogP contribution is -2.28. The Morgan fingerprint density at radius 2 is 2.42 bits per heavy atom. The maximum absolute atomic E-state index is 5.95. The van der Waals surface area contributed by atoms with Crippen LogP contribution in [0.3, 0.4) is 0 Å². The van der Waals surface area contributed by atoms with Gasteiger partial charge in [0.15, 0.2) is 10.9 Å². The molecule has 2 aromatic rings. The second kappa shape index (κ2) is 5.36. The van der Waals surface area contributed by atoms with Gasteiger partial charge in [-0.3, -0.25) is 4.57 Å². The molecule has 0 spiro atoms. The molecule has 19 heavy (non-hydrogen) atoms. The first-order valence-corrected chi connectivity index (χ1v) is 6.87. The van der Waals surface area contributed by atoms with Gasteiger partial charge in [-0.15, -0.1) is 0 Å². The lowest BCUT2D eigenvalue weighted by Gasteiger charge is -2.30. The average molecular weight is 280 g/mol. The van der Waals surface area contributed by atoms with Crippen LogP contribution < -0.4 is 0 Å². The average Bonchev–Trinajstić information content (AvgIpc) is 2.85. The van der Waals surface area contributed by atoms with Gasteiger partial charge < -0.3 is 14.5 Å². The van der Waals surface area contributed by atoms with Crippen LogP contribution in [0, 0.1) is 4.64 Å². The molecule has 0 saturated carbocycles. The number of ether oxygens (including phenoxy) is 2. The van der Waals surface area contributed by atoms with Crippen LogP contribution in [0.25, 0.3) is 11.2 Å². The zero-order valence-corrected chi connectivity index (χ0v) is 11.5. The molecule has 2 atom stereocenters. The first-order chi connectivity index (χ1) is 9.29. The van der Waals surface area contributed by atoms with Crippen LogP contribution in [0.2, 0.25) is 0 Å². The van der Waals surface area contributed by atoms with Crippen molar-refractivity contribution < 1.29 is 9.47 Å². The summed E-state index contributed by atoms with van der Waals surface area (Å²) in [7, 11) is 0. The maximum Gasteiger partial charge on any atom is 0.160 e. The van der Waals surface area contributed by atoms with E-state index in [-0.39, 0.29) is 12.5 Å². The number of aromatic nitrogens is 4. The van der Waals surface area contributed by atoms with Crippen molar-refractivity contribution in [1.82, 2.24) is 19.5 Å². The van der Waals surface area contributed by atoms with Crippen LogP contribution in [-0.2, 0) is 9.47 Å². The highest BCUT2D eigenvalue weighted by atomic mass is 32.1. The van der Waals surface area contributed by atoms with E-state index in [1.165, 1.54) is 0 Å². The predicted molar refractivity (Wildman–Crippen MR) is 72.1 cm³/mol. The molecule has 0 unspecified atom stereocenters. The van der Waals surface area contributed by atoms with Crippen LogP contribution in [-0.4, -0.2) is 32.4 Å². The van der Waals surface area contributed by atoms with Crippen molar-refractivity contribution in [1.29, 1.82) is 0 Å². The Bertz CT molecular complexity index is 621. The maximum atomic E-state index is 5.95. The summed E-state index contributed by atoms with van der Waals surface area (Å²) < 4.78 is 14.0. The summed E-state index contributed by atoms with van der Waals surface area (Å²) >= 11 is 5.16. The highest BCUT2D eigenvalue weighted by Gasteiger charge is 2.25. The fraction of sp³-hybridized carbons (Fsp3) is 0.583. The van der Waals surface area contributed by atoms with Gasteiger partial charge in [0.05, 0.1) is 12.7 Å². The Hall–Kier alpha value is -1.31. The quantitative estimate of drug-likeness (QED) is 0.875. The Morgan fingerprint density at radius 3 is 3.26 bits per heavy atom. The zero-order valence-electron chi connectivity index (χ0n) is 10.7. The van der Waals surface area contributed by atoms with Crippen molar-refractivity contribution in [2.75, 3.05) is 6.61 Å². The molecule has 3 rings (SSSR count). The van der Waals surface area contributed by atoms with Gasteiger partial charge in [0.25, 0.3) is 0 Å². The van der Waals surface area contributed by atoms with Gasteiger partial charge in [0, 0.05) is 6.61 Å². The second-order valence-corrected chi connectivity index (χ2v) is 4.85. The van der Waals surface area contributed by atoms with Gasteiger partial charge in [0.2, 0.25) is 0 Å². The van der Waals surface area contributed by atoms with Crippen LogP contribution in [0.5, 0.6) is 0 Å². The minimum absolute atomic E-state index is 0.0663. The van der Waals surface area contributed by atoms with Crippen molar-refractivity contribution in [3.8, 4) is 0 Å². The van der Waals surface area contributed by atoms with Gasteiger partial charge in [-0.25, -0.2) is 9.97 Å². The number of H-pyrrole nitrogens is 1. The summed E-state index contributed by atoms with van der Waals surface area (Å²) in [6.45, 7) is 2.64. The molecule has 0 amide bonds. The molecular weight excluding hydrogens is 264 g/mol. The van der Waals surface area contributed by atoms with Gasteiger partial charge in [-0.2, -0.15) is 0 Å². The number of hydrogen-bond donors (Lipinski definition) is 1. The summed E-state index contributed by atoms with van der Waals surface area (Å²) in [5.41, 5.74) is 1.56. The van der Waals surface area contributed by atoms with Crippen LogP contribution in [0.1, 0.15) is 32.4 Å². The van der Waals surface area contributed by atoms with Crippen molar-refractivity contribution in [2.24, 2.45) is 0 Å². The normalized spacial score (nSPS) is 23.8. The van der Waals surface area contributed by atoms with Gasteiger partial charge in [-0.05, 0) is 26.2 Å². The third kappa shape index (κ3) is 2.41. The van der Waals surface area contributed by atoms with Crippen LogP contribution in [0.15, 0.2) is 12.7 Å². The molecule has 7 heteroatoms. The number of fused-ring (bicyclic) bond motifs is 1. The Balaban J connectivity index is 1.91. The third-order valence-corrected chi connectivity index (χ3v) is 3.54. The first-order valence-electron chi connectivity index (χ1n) is 6.47. The zero-order chi connectivity index (χ0) is 13.2. The molecule has 1 aliphatic rings. The molecule has 3 heterocycles. The van der Waals surface area contributed by atoms with Crippen molar-refractivity contribution in [3.63, 3.8) is 0 Å². The number of hydrogen-bond acceptors (Lipinski definition) is 5. The molecule has 1 aliphatic heterocycles. The molecule has 0 aromatic carbocycles. The van der Waals surface area contributed by atoms with E-state index in [2.05, 4.69) is 15.0 Å². The number of imidazole rings is 1. The van der Waals surface area contributed by atoms with Crippen molar-refractivity contribution >= 4 is 23.4 Å². The second-order valence-electron chi connectivity index (χ2n) is 4.46. The van der Waals surface area contributed by atoms with Crippen molar-refractivity contribution in [3.05, 3.63) is 17.3 Å². The smallest absolute Gasteiger partial charge is 0.160 e. The molecule has 1 saturated heterocycles. The lowest BCUT2D eigenvalue weighted by molar-refractivity contribution is -0.211. The summed E-state index contributed by atoms with van der Waals surface area (Å²) in [4.78, 5) is 11.4. The van der Waals surface area contributed by atoms with E-state index in [0.29, 0.717) is 16.8 Å². The molecule has 102 valence electrons. The lowest BCUT2D eigenvalue weighted by atomic mass is 10.1. The molecular formula is C12H16N4O2S. The Kier molecular flexibility index (Phi) is 3.58. The van der Waals surface area contributed by atoms with E-state index < -0.39 is 0 Å². The topological polar surface area (TPSA) is 65.0 Å². The van der Waals surface area contributed by atoms with Crippen LogP contribution in [0.4, 0.5) is 0 Å². The number of nitrogens with one attached hydrogen (secondary N) is 1. The molecule has 0 bridgehead atoms. The Labute approximate surface area is 115 Å². The van der Waals surface area contributed by atoms with E-state index in [1.54, 1.807) is 12.7 Å². The molecule has 2 aromatic heterocycles. The minimum atomic E-state index is -0.133. The molecule has 0 aliphatic carbocycles. The fourth-order valence-electron chi connectivity index (χ4n) is 2.38. The predicted octanol–water partition coefficient (Wildman–Crippen LogP) is 2.55. The monoisotopic (exact) mass is 280 g/mol. The van der Waals surface area contributed by atoms with Gasteiger partial charge in [-0.1, -0.05) is 12.2 Å². The van der Waals surface area contributed by atoms with E-state index in [0.717, 1.165) is 24.9 Å². The van der Waals surface area contributed by atoms with E-state index in [9.17, 15) is 0 Å². The fourth-order valence-corrected chi connectivity index (χ4v) is 2.58.